The first kappa shape index (κ1) is 20.4. The van der Waals surface area contributed by atoms with E-state index >= 15 is 0 Å². The lowest BCUT2D eigenvalue weighted by atomic mass is 9.95. The van der Waals surface area contributed by atoms with Gasteiger partial charge >= 0.3 is 0 Å². The molecule has 1 saturated heterocycles. The highest BCUT2D eigenvalue weighted by molar-refractivity contribution is 5.94. The number of carbonyl (C=O) groups is 2. The van der Waals surface area contributed by atoms with Crippen LogP contribution in [0.5, 0.6) is 0 Å². The number of benzene rings is 1. The van der Waals surface area contributed by atoms with Crippen molar-refractivity contribution in [3.8, 4) is 0 Å². The van der Waals surface area contributed by atoms with E-state index in [1.807, 2.05) is 45.0 Å². The molecule has 0 saturated carbocycles. The van der Waals surface area contributed by atoms with Crippen molar-refractivity contribution in [2.24, 2.45) is 11.3 Å². The van der Waals surface area contributed by atoms with Gasteiger partial charge in [0.2, 0.25) is 5.91 Å². The predicted molar refractivity (Wildman–Crippen MR) is 105 cm³/mol. The second kappa shape index (κ2) is 8.21. The summed E-state index contributed by atoms with van der Waals surface area (Å²) in [6.07, 6.45) is 0. The van der Waals surface area contributed by atoms with E-state index in [9.17, 15) is 9.59 Å². The molecule has 1 aliphatic heterocycles. The monoisotopic (exact) mass is 359 g/mol. The van der Waals surface area contributed by atoms with Crippen LogP contribution in [0.3, 0.4) is 0 Å². The Balaban J connectivity index is 1.90. The van der Waals surface area contributed by atoms with Crippen molar-refractivity contribution in [3.05, 3.63) is 35.4 Å². The fourth-order valence-corrected chi connectivity index (χ4v) is 3.09. The summed E-state index contributed by atoms with van der Waals surface area (Å²) in [6.45, 7) is 14.6. The summed E-state index contributed by atoms with van der Waals surface area (Å²) >= 11 is 0. The quantitative estimate of drug-likeness (QED) is 0.850. The zero-order valence-electron chi connectivity index (χ0n) is 16.9. The van der Waals surface area contributed by atoms with Gasteiger partial charge in [-0.1, -0.05) is 39.8 Å². The van der Waals surface area contributed by atoms with Crippen molar-refractivity contribution in [2.75, 3.05) is 13.1 Å². The van der Waals surface area contributed by atoms with Crippen LogP contribution in [0.4, 0.5) is 0 Å². The maximum Gasteiger partial charge on any atom is 0.251 e. The largest absolute Gasteiger partial charge is 0.352 e. The molecule has 0 spiro atoms. The summed E-state index contributed by atoms with van der Waals surface area (Å²) in [5.74, 6) is 0.440. The Bertz CT molecular complexity index is 632. The Kier molecular flexibility index (Phi) is 6.45. The Labute approximate surface area is 157 Å². The standard InChI is InChI=1S/C21H33N3O2/c1-14(2)24-12-15(3)18(13-24)23-19(25)17-9-7-16(8-10-17)11-22-20(26)21(4,5)6/h7-10,14-15,18H,11-13H2,1-6H3,(H,22,26)(H,23,25). The average Bonchev–Trinajstić information content (AvgIpc) is 2.93. The smallest absolute Gasteiger partial charge is 0.251 e. The zero-order chi connectivity index (χ0) is 19.5. The maximum absolute atomic E-state index is 12.5. The Morgan fingerprint density at radius 2 is 1.77 bits per heavy atom. The molecule has 1 aliphatic rings. The van der Waals surface area contributed by atoms with Gasteiger partial charge in [0.05, 0.1) is 0 Å². The van der Waals surface area contributed by atoms with Gasteiger partial charge in [0, 0.05) is 42.7 Å². The number of likely N-dealkylation sites (tertiary alicyclic amines) is 1. The summed E-state index contributed by atoms with van der Waals surface area (Å²) in [4.78, 5) is 26.9. The van der Waals surface area contributed by atoms with Crippen molar-refractivity contribution in [1.82, 2.24) is 15.5 Å². The molecule has 26 heavy (non-hydrogen) atoms. The van der Waals surface area contributed by atoms with E-state index in [0.29, 0.717) is 24.1 Å². The molecule has 0 radical (unpaired) electrons. The van der Waals surface area contributed by atoms with Crippen molar-refractivity contribution < 1.29 is 9.59 Å². The lowest BCUT2D eigenvalue weighted by Gasteiger charge is -2.20. The van der Waals surface area contributed by atoms with Crippen LogP contribution in [0.15, 0.2) is 24.3 Å². The van der Waals surface area contributed by atoms with E-state index in [-0.39, 0.29) is 17.9 Å². The fraction of sp³-hybridized carbons (Fsp3) is 0.619. The molecule has 1 fully saturated rings. The molecule has 1 heterocycles. The van der Waals surface area contributed by atoms with Gasteiger partial charge in [-0.3, -0.25) is 14.5 Å². The molecule has 0 aliphatic carbocycles. The molecule has 2 rings (SSSR count). The highest BCUT2D eigenvalue weighted by Gasteiger charge is 2.31. The van der Waals surface area contributed by atoms with Gasteiger partial charge in [-0.25, -0.2) is 0 Å². The third kappa shape index (κ3) is 5.31. The molecule has 5 heteroatoms. The van der Waals surface area contributed by atoms with E-state index < -0.39 is 5.41 Å². The molecule has 2 N–H and O–H groups in total. The number of rotatable bonds is 5. The first-order valence-electron chi connectivity index (χ1n) is 9.50. The van der Waals surface area contributed by atoms with E-state index in [2.05, 4.69) is 36.3 Å². The number of carbonyl (C=O) groups excluding carboxylic acids is 2. The van der Waals surface area contributed by atoms with Crippen molar-refractivity contribution in [3.63, 3.8) is 0 Å². The van der Waals surface area contributed by atoms with E-state index in [1.165, 1.54) is 0 Å². The number of nitrogens with one attached hydrogen (secondary N) is 2. The lowest BCUT2D eigenvalue weighted by Crippen LogP contribution is -2.40. The molecular formula is C21H33N3O2. The van der Waals surface area contributed by atoms with Gasteiger partial charge in [-0.15, -0.1) is 0 Å². The number of amides is 2. The van der Waals surface area contributed by atoms with Gasteiger partial charge in [0.1, 0.15) is 0 Å². The molecule has 1 aromatic carbocycles. The lowest BCUT2D eigenvalue weighted by molar-refractivity contribution is -0.128. The molecule has 144 valence electrons. The van der Waals surface area contributed by atoms with Crippen molar-refractivity contribution in [2.45, 2.75) is 60.2 Å². The average molecular weight is 360 g/mol. The van der Waals surface area contributed by atoms with Crippen LogP contribution in [0.1, 0.15) is 57.5 Å². The minimum absolute atomic E-state index is 0.0178. The molecule has 0 bridgehead atoms. The fourth-order valence-electron chi connectivity index (χ4n) is 3.09. The first-order valence-corrected chi connectivity index (χ1v) is 9.50. The van der Waals surface area contributed by atoms with Gasteiger partial charge in [0.15, 0.2) is 0 Å². The minimum atomic E-state index is -0.401. The molecule has 0 aromatic heterocycles. The molecule has 1 aromatic rings. The Hall–Kier alpha value is -1.88. The van der Waals surface area contributed by atoms with Gasteiger partial charge in [-0.2, -0.15) is 0 Å². The van der Waals surface area contributed by atoms with Crippen LogP contribution in [0.2, 0.25) is 0 Å². The van der Waals surface area contributed by atoms with Gasteiger partial charge < -0.3 is 10.6 Å². The molecule has 2 atom stereocenters. The summed E-state index contributed by atoms with van der Waals surface area (Å²) < 4.78 is 0. The normalized spacial score (nSPS) is 21.0. The number of hydrogen-bond donors (Lipinski definition) is 2. The SMILES string of the molecule is CC1CN(C(C)C)CC1NC(=O)c1ccc(CNC(=O)C(C)(C)C)cc1. The van der Waals surface area contributed by atoms with Crippen molar-refractivity contribution in [1.29, 1.82) is 0 Å². The molecule has 2 amide bonds. The van der Waals surface area contributed by atoms with Crippen molar-refractivity contribution >= 4 is 11.8 Å². The second-order valence-corrected chi connectivity index (χ2v) is 8.73. The van der Waals surface area contributed by atoms with Crippen LogP contribution in [-0.4, -0.2) is 41.9 Å². The highest BCUT2D eigenvalue weighted by Crippen LogP contribution is 2.19. The maximum atomic E-state index is 12.5. The van der Waals surface area contributed by atoms with E-state index in [1.54, 1.807) is 0 Å². The summed E-state index contributed by atoms with van der Waals surface area (Å²) in [7, 11) is 0. The van der Waals surface area contributed by atoms with Crippen LogP contribution < -0.4 is 10.6 Å². The van der Waals surface area contributed by atoms with Crippen LogP contribution >= 0.6 is 0 Å². The van der Waals surface area contributed by atoms with Crippen LogP contribution in [-0.2, 0) is 11.3 Å². The minimum Gasteiger partial charge on any atom is -0.352 e. The Morgan fingerprint density at radius 1 is 1.15 bits per heavy atom. The second-order valence-electron chi connectivity index (χ2n) is 8.73. The highest BCUT2D eigenvalue weighted by atomic mass is 16.2. The van der Waals surface area contributed by atoms with E-state index in [4.69, 9.17) is 0 Å². The van der Waals surface area contributed by atoms with Gasteiger partial charge in [0.25, 0.3) is 5.91 Å². The molecular weight excluding hydrogens is 326 g/mol. The zero-order valence-corrected chi connectivity index (χ0v) is 16.9. The first-order chi connectivity index (χ1) is 12.1. The topological polar surface area (TPSA) is 61.4 Å². The van der Waals surface area contributed by atoms with Gasteiger partial charge in [-0.05, 0) is 37.5 Å². The summed E-state index contributed by atoms with van der Waals surface area (Å²) in [5, 5.41) is 6.09. The third-order valence-electron chi connectivity index (χ3n) is 5.04. The van der Waals surface area contributed by atoms with Crippen LogP contribution in [0.25, 0.3) is 0 Å². The third-order valence-corrected chi connectivity index (χ3v) is 5.04. The number of nitrogens with zero attached hydrogens (tertiary/aromatic N) is 1. The molecule has 5 nitrogen and oxygen atoms in total. The summed E-state index contributed by atoms with van der Waals surface area (Å²) in [5.41, 5.74) is 1.24. The van der Waals surface area contributed by atoms with E-state index in [0.717, 1.165) is 18.7 Å². The molecule has 2 unspecified atom stereocenters. The summed E-state index contributed by atoms with van der Waals surface area (Å²) in [6, 6.07) is 8.14. The Morgan fingerprint density at radius 3 is 2.27 bits per heavy atom. The van der Waals surface area contributed by atoms with Crippen LogP contribution in [0, 0.1) is 11.3 Å². The predicted octanol–water partition coefficient (Wildman–Crippen LogP) is 2.81. The number of hydrogen-bond acceptors (Lipinski definition) is 3.